The second-order valence-electron chi connectivity index (χ2n) is 4.80. The second-order valence-corrected chi connectivity index (χ2v) is 5.21. The van der Waals surface area contributed by atoms with E-state index in [1.807, 2.05) is 7.05 Å². The molecule has 1 aromatic rings. The molecular weight excluding hydrogens is 230 g/mol. The lowest BCUT2D eigenvalue weighted by atomic mass is 9.87. The molecule has 96 valence electrons. The van der Waals surface area contributed by atoms with Crippen LogP contribution in [0.25, 0.3) is 0 Å². The number of benzene rings is 1. The van der Waals surface area contributed by atoms with Gasteiger partial charge in [-0.15, -0.1) is 0 Å². The molecule has 0 aliphatic heterocycles. The predicted molar refractivity (Wildman–Crippen MR) is 76.8 cm³/mol. The molecule has 1 atom stereocenters. The first-order valence-corrected chi connectivity index (χ1v) is 6.86. The zero-order valence-corrected chi connectivity index (χ0v) is 12.4. The monoisotopic (exact) mass is 253 g/mol. The van der Waals surface area contributed by atoms with E-state index in [4.69, 9.17) is 11.6 Å². The van der Waals surface area contributed by atoms with Gasteiger partial charge in [0.05, 0.1) is 0 Å². The maximum atomic E-state index is 6.39. The summed E-state index contributed by atoms with van der Waals surface area (Å²) in [4.78, 5) is 0. The van der Waals surface area contributed by atoms with Crippen molar-refractivity contribution in [1.82, 2.24) is 5.32 Å². The highest BCUT2D eigenvalue weighted by atomic mass is 35.5. The molecule has 1 aromatic carbocycles. The highest BCUT2D eigenvalue weighted by Crippen LogP contribution is 2.33. The molecule has 0 amide bonds. The van der Waals surface area contributed by atoms with Crippen LogP contribution in [0, 0.1) is 19.8 Å². The van der Waals surface area contributed by atoms with Crippen molar-refractivity contribution in [2.45, 2.75) is 46.6 Å². The fourth-order valence-electron chi connectivity index (χ4n) is 2.45. The Morgan fingerprint density at radius 1 is 1.12 bits per heavy atom. The van der Waals surface area contributed by atoms with E-state index in [1.165, 1.54) is 29.5 Å². The molecule has 0 saturated heterocycles. The Kier molecular flexibility index (Phi) is 5.48. The normalized spacial score (nSPS) is 13.1. The van der Waals surface area contributed by atoms with Crippen LogP contribution in [0.4, 0.5) is 0 Å². The minimum atomic E-state index is 0.358. The lowest BCUT2D eigenvalue weighted by molar-refractivity contribution is 0.359. The van der Waals surface area contributed by atoms with Gasteiger partial charge in [-0.05, 0) is 49.6 Å². The fraction of sp³-hybridized carbons (Fsp3) is 0.600. The SMILES string of the molecule is CCC(CC)C(NC)c1cc(C)c(C)cc1Cl. The first-order valence-electron chi connectivity index (χ1n) is 6.49. The minimum absolute atomic E-state index is 0.358. The minimum Gasteiger partial charge on any atom is -0.313 e. The molecule has 2 heteroatoms. The maximum Gasteiger partial charge on any atom is 0.0456 e. The highest BCUT2D eigenvalue weighted by Gasteiger charge is 2.21. The summed E-state index contributed by atoms with van der Waals surface area (Å²) in [6, 6.07) is 4.67. The predicted octanol–water partition coefficient (Wildman–Crippen LogP) is 4.65. The number of hydrogen-bond donors (Lipinski definition) is 1. The Labute approximate surface area is 111 Å². The smallest absolute Gasteiger partial charge is 0.0456 e. The van der Waals surface area contributed by atoms with Crippen molar-refractivity contribution in [3.63, 3.8) is 0 Å². The van der Waals surface area contributed by atoms with Crippen LogP contribution in [0.1, 0.15) is 49.4 Å². The molecule has 0 aromatic heterocycles. The van der Waals surface area contributed by atoms with Gasteiger partial charge in [0.15, 0.2) is 0 Å². The standard InChI is InChI=1S/C15H24ClN/c1-6-12(7-2)15(17-5)13-8-10(3)11(4)9-14(13)16/h8-9,12,15,17H,6-7H2,1-5H3. The van der Waals surface area contributed by atoms with Crippen LogP contribution in [-0.4, -0.2) is 7.05 Å². The Morgan fingerprint density at radius 2 is 1.65 bits per heavy atom. The summed E-state index contributed by atoms with van der Waals surface area (Å²) in [7, 11) is 2.02. The number of halogens is 1. The van der Waals surface area contributed by atoms with E-state index in [0.717, 1.165) is 5.02 Å². The summed E-state index contributed by atoms with van der Waals surface area (Å²) >= 11 is 6.39. The molecule has 1 N–H and O–H groups in total. The van der Waals surface area contributed by atoms with Gasteiger partial charge in [0, 0.05) is 11.1 Å². The van der Waals surface area contributed by atoms with E-state index in [2.05, 4.69) is 45.1 Å². The second kappa shape index (κ2) is 6.42. The van der Waals surface area contributed by atoms with Crippen LogP contribution < -0.4 is 5.32 Å². The summed E-state index contributed by atoms with van der Waals surface area (Å²) < 4.78 is 0. The number of nitrogens with one attached hydrogen (secondary N) is 1. The zero-order chi connectivity index (χ0) is 13.0. The van der Waals surface area contributed by atoms with Crippen molar-refractivity contribution in [1.29, 1.82) is 0 Å². The van der Waals surface area contributed by atoms with E-state index in [-0.39, 0.29) is 0 Å². The highest BCUT2D eigenvalue weighted by molar-refractivity contribution is 6.31. The van der Waals surface area contributed by atoms with Crippen molar-refractivity contribution < 1.29 is 0 Å². The van der Waals surface area contributed by atoms with Crippen LogP contribution in [0.5, 0.6) is 0 Å². The van der Waals surface area contributed by atoms with Crippen LogP contribution >= 0.6 is 11.6 Å². The summed E-state index contributed by atoms with van der Waals surface area (Å²) in [6.07, 6.45) is 2.34. The van der Waals surface area contributed by atoms with Crippen molar-refractivity contribution in [2.24, 2.45) is 5.92 Å². The van der Waals surface area contributed by atoms with Crippen molar-refractivity contribution in [3.05, 3.63) is 33.8 Å². The van der Waals surface area contributed by atoms with E-state index < -0.39 is 0 Å². The Bertz CT molecular complexity index is 369. The number of rotatable bonds is 5. The third kappa shape index (κ3) is 3.23. The Balaban J connectivity index is 3.15. The van der Waals surface area contributed by atoms with Crippen molar-refractivity contribution in [3.8, 4) is 0 Å². The topological polar surface area (TPSA) is 12.0 Å². The van der Waals surface area contributed by atoms with Crippen molar-refractivity contribution >= 4 is 11.6 Å². The van der Waals surface area contributed by atoms with Crippen LogP contribution in [-0.2, 0) is 0 Å². The lowest BCUT2D eigenvalue weighted by Gasteiger charge is -2.27. The molecule has 0 saturated carbocycles. The summed E-state index contributed by atoms with van der Waals surface area (Å²) in [6.45, 7) is 8.74. The summed E-state index contributed by atoms with van der Waals surface area (Å²) in [5.74, 6) is 0.639. The largest absolute Gasteiger partial charge is 0.313 e. The fourth-order valence-corrected chi connectivity index (χ4v) is 2.78. The molecule has 0 spiro atoms. The van der Waals surface area contributed by atoms with Gasteiger partial charge in [-0.3, -0.25) is 0 Å². The van der Waals surface area contributed by atoms with E-state index in [1.54, 1.807) is 0 Å². The average molecular weight is 254 g/mol. The molecule has 1 rings (SSSR count). The molecular formula is C15H24ClN. The third-order valence-electron chi connectivity index (χ3n) is 3.78. The number of aryl methyl sites for hydroxylation is 2. The van der Waals surface area contributed by atoms with E-state index >= 15 is 0 Å². The molecule has 17 heavy (non-hydrogen) atoms. The molecule has 0 fully saturated rings. The third-order valence-corrected chi connectivity index (χ3v) is 4.11. The maximum absolute atomic E-state index is 6.39. The van der Waals surface area contributed by atoms with Gasteiger partial charge in [0.25, 0.3) is 0 Å². The summed E-state index contributed by atoms with van der Waals surface area (Å²) in [5, 5.41) is 4.31. The lowest BCUT2D eigenvalue weighted by Crippen LogP contribution is -2.25. The molecule has 0 bridgehead atoms. The molecule has 1 nitrogen and oxygen atoms in total. The zero-order valence-electron chi connectivity index (χ0n) is 11.6. The first kappa shape index (κ1) is 14.5. The summed E-state index contributed by atoms with van der Waals surface area (Å²) in [5.41, 5.74) is 3.82. The van der Waals surface area contributed by atoms with Gasteiger partial charge >= 0.3 is 0 Å². The molecule has 0 aliphatic rings. The van der Waals surface area contributed by atoms with Crippen LogP contribution in [0.15, 0.2) is 12.1 Å². The first-order chi connectivity index (χ1) is 8.04. The van der Waals surface area contributed by atoms with Gasteiger partial charge in [-0.1, -0.05) is 44.4 Å². The molecule has 1 unspecified atom stereocenters. The Morgan fingerprint density at radius 3 is 2.12 bits per heavy atom. The van der Waals surface area contributed by atoms with Crippen LogP contribution in [0.3, 0.4) is 0 Å². The quantitative estimate of drug-likeness (QED) is 0.805. The molecule has 0 aliphatic carbocycles. The Hall–Kier alpha value is -0.530. The molecule has 0 heterocycles. The van der Waals surface area contributed by atoms with E-state index in [9.17, 15) is 0 Å². The van der Waals surface area contributed by atoms with Crippen LogP contribution in [0.2, 0.25) is 5.02 Å². The number of hydrogen-bond acceptors (Lipinski definition) is 1. The average Bonchev–Trinajstić information content (AvgIpc) is 2.31. The molecule has 0 radical (unpaired) electrons. The van der Waals surface area contributed by atoms with Gasteiger partial charge < -0.3 is 5.32 Å². The van der Waals surface area contributed by atoms with Gasteiger partial charge in [0.2, 0.25) is 0 Å². The van der Waals surface area contributed by atoms with Gasteiger partial charge in [-0.2, -0.15) is 0 Å². The van der Waals surface area contributed by atoms with E-state index in [0.29, 0.717) is 12.0 Å². The van der Waals surface area contributed by atoms with Gasteiger partial charge in [-0.25, -0.2) is 0 Å². The van der Waals surface area contributed by atoms with Crippen molar-refractivity contribution in [2.75, 3.05) is 7.05 Å². The van der Waals surface area contributed by atoms with Gasteiger partial charge in [0.1, 0.15) is 0 Å².